The first kappa shape index (κ1) is 13.0. The van der Waals surface area contributed by atoms with E-state index in [9.17, 15) is 8.78 Å². The SMILES string of the molecule is Fc1ccc(CNCc2cc(F)ccc2Cl)cc1. The number of hydrogen-bond acceptors (Lipinski definition) is 1. The average Bonchev–Trinajstić information content (AvgIpc) is 2.36. The fourth-order valence-electron chi connectivity index (χ4n) is 1.62. The van der Waals surface area contributed by atoms with Gasteiger partial charge in [0.05, 0.1) is 0 Å². The minimum Gasteiger partial charge on any atom is -0.309 e. The molecule has 0 aliphatic rings. The van der Waals surface area contributed by atoms with Crippen LogP contribution in [0.2, 0.25) is 5.02 Å². The molecule has 1 nitrogen and oxygen atoms in total. The Balaban J connectivity index is 1.92. The molecule has 0 aromatic heterocycles. The van der Waals surface area contributed by atoms with Gasteiger partial charge in [-0.25, -0.2) is 8.78 Å². The van der Waals surface area contributed by atoms with Gasteiger partial charge in [-0.05, 0) is 41.5 Å². The van der Waals surface area contributed by atoms with Gasteiger partial charge in [-0.15, -0.1) is 0 Å². The molecule has 2 aromatic carbocycles. The number of nitrogens with one attached hydrogen (secondary N) is 1. The van der Waals surface area contributed by atoms with E-state index in [1.165, 1.54) is 30.3 Å². The molecule has 0 heterocycles. The minimum absolute atomic E-state index is 0.257. The van der Waals surface area contributed by atoms with E-state index < -0.39 is 0 Å². The summed E-state index contributed by atoms with van der Waals surface area (Å²) in [6.07, 6.45) is 0. The lowest BCUT2D eigenvalue weighted by atomic mass is 10.2. The van der Waals surface area contributed by atoms with E-state index in [-0.39, 0.29) is 11.6 Å². The van der Waals surface area contributed by atoms with E-state index >= 15 is 0 Å². The molecule has 0 saturated carbocycles. The Bertz CT molecular complexity index is 526. The number of halogens is 3. The van der Waals surface area contributed by atoms with E-state index in [2.05, 4.69) is 5.32 Å². The van der Waals surface area contributed by atoms with E-state index in [4.69, 9.17) is 11.6 Å². The summed E-state index contributed by atoms with van der Waals surface area (Å²) in [5.74, 6) is -0.565. The van der Waals surface area contributed by atoms with Crippen LogP contribution in [0, 0.1) is 11.6 Å². The van der Waals surface area contributed by atoms with Crippen LogP contribution in [-0.4, -0.2) is 0 Å². The summed E-state index contributed by atoms with van der Waals surface area (Å²) in [6, 6.07) is 10.5. The first-order chi connectivity index (χ1) is 8.65. The first-order valence-electron chi connectivity index (χ1n) is 5.54. The highest BCUT2D eigenvalue weighted by Gasteiger charge is 2.02. The summed E-state index contributed by atoms with van der Waals surface area (Å²) in [7, 11) is 0. The smallest absolute Gasteiger partial charge is 0.123 e. The predicted octanol–water partition coefficient (Wildman–Crippen LogP) is 3.91. The Labute approximate surface area is 109 Å². The standard InChI is InChI=1S/C14H12ClF2N/c15-14-6-5-13(17)7-11(14)9-18-8-10-1-3-12(16)4-2-10/h1-7,18H,8-9H2. The first-order valence-corrected chi connectivity index (χ1v) is 5.92. The molecule has 0 amide bonds. The molecule has 0 spiro atoms. The van der Waals surface area contributed by atoms with Crippen molar-refractivity contribution in [3.8, 4) is 0 Å². The van der Waals surface area contributed by atoms with Crippen LogP contribution in [0.4, 0.5) is 8.78 Å². The summed E-state index contributed by atoms with van der Waals surface area (Å²) in [6.45, 7) is 1.04. The van der Waals surface area contributed by atoms with Gasteiger partial charge in [0.2, 0.25) is 0 Å². The molecule has 0 atom stereocenters. The Morgan fingerprint density at radius 3 is 2.28 bits per heavy atom. The number of rotatable bonds is 4. The van der Waals surface area contributed by atoms with Crippen LogP contribution < -0.4 is 5.32 Å². The summed E-state index contributed by atoms with van der Waals surface area (Å²) < 4.78 is 25.7. The van der Waals surface area contributed by atoms with Gasteiger partial charge in [-0.1, -0.05) is 23.7 Å². The molecule has 0 aliphatic heterocycles. The van der Waals surface area contributed by atoms with Gasteiger partial charge in [-0.2, -0.15) is 0 Å². The third-order valence-corrected chi connectivity index (χ3v) is 2.93. The van der Waals surface area contributed by atoms with E-state index in [1.54, 1.807) is 12.1 Å². The highest BCUT2D eigenvalue weighted by atomic mass is 35.5. The molecule has 94 valence electrons. The van der Waals surface area contributed by atoms with Gasteiger partial charge >= 0.3 is 0 Å². The molecule has 0 radical (unpaired) electrons. The lowest BCUT2D eigenvalue weighted by Gasteiger charge is -2.07. The zero-order valence-electron chi connectivity index (χ0n) is 9.59. The Morgan fingerprint density at radius 1 is 0.889 bits per heavy atom. The Hall–Kier alpha value is -1.45. The van der Waals surface area contributed by atoms with Crippen LogP contribution in [0.15, 0.2) is 42.5 Å². The maximum Gasteiger partial charge on any atom is 0.123 e. The van der Waals surface area contributed by atoms with Gasteiger partial charge in [0.1, 0.15) is 11.6 Å². The van der Waals surface area contributed by atoms with Crippen molar-refractivity contribution in [1.29, 1.82) is 0 Å². The van der Waals surface area contributed by atoms with E-state index in [1.807, 2.05) is 0 Å². The maximum absolute atomic E-state index is 13.0. The Morgan fingerprint density at radius 2 is 1.56 bits per heavy atom. The lowest BCUT2D eigenvalue weighted by molar-refractivity contribution is 0.618. The molecule has 2 aromatic rings. The zero-order valence-corrected chi connectivity index (χ0v) is 10.3. The largest absolute Gasteiger partial charge is 0.309 e. The van der Waals surface area contributed by atoms with E-state index in [0.29, 0.717) is 23.7 Å². The zero-order chi connectivity index (χ0) is 13.0. The molecule has 1 N–H and O–H groups in total. The van der Waals surface area contributed by atoms with Crippen LogP contribution in [0.1, 0.15) is 11.1 Å². The van der Waals surface area contributed by atoms with Crippen molar-refractivity contribution < 1.29 is 8.78 Å². The van der Waals surface area contributed by atoms with Crippen LogP contribution in [0.5, 0.6) is 0 Å². The molecular weight excluding hydrogens is 256 g/mol. The highest BCUT2D eigenvalue weighted by Crippen LogP contribution is 2.16. The highest BCUT2D eigenvalue weighted by molar-refractivity contribution is 6.31. The van der Waals surface area contributed by atoms with Crippen LogP contribution in [-0.2, 0) is 13.1 Å². The van der Waals surface area contributed by atoms with Crippen LogP contribution in [0.25, 0.3) is 0 Å². The van der Waals surface area contributed by atoms with Crippen molar-refractivity contribution in [2.75, 3.05) is 0 Å². The average molecular weight is 268 g/mol. The second-order valence-corrected chi connectivity index (χ2v) is 4.37. The second kappa shape index (κ2) is 5.94. The molecule has 0 aliphatic carbocycles. The number of benzene rings is 2. The topological polar surface area (TPSA) is 12.0 Å². The van der Waals surface area contributed by atoms with Crippen molar-refractivity contribution in [2.45, 2.75) is 13.1 Å². The third kappa shape index (κ3) is 3.52. The molecule has 4 heteroatoms. The second-order valence-electron chi connectivity index (χ2n) is 3.97. The van der Waals surface area contributed by atoms with Gasteiger partial charge in [-0.3, -0.25) is 0 Å². The van der Waals surface area contributed by atoms with Crippen LogP contribution in [0.3, 0.4) is 0 Å². The normalized spacial score (nSPS) is 10.6. The minimum atomic E-state index is -0.307. The fraction of sp³-hybridized carbons (Fsp3) is 0.143. The summed E-state index contributed by atoms with van der Waals surface area (Å²) >= 11 is 5.94. The quantitative estimate of drug-likeness (QED) is 0.886. The molecule has 0 saturated heterocycles. The summed E-state index contributed by atoms with van der Waals surface area (Å²) in [5.41, 5.74) is 1.67. The molecule has 0 bridgehead atoms. The molecule has 18 heavy (non-hydrogen) atoms. The Kier molecular flexibility index (Phi) is 4.28. The summed E-state index contributed by atoms with van der Waals surface area (Å²) in [5, 5.41) is 3.66. The van der Waals surface area contributed by atoms with Crippen molar-refractivity contribution >= 4 is 11.6 Å². The molecule has 2 rings (SSSR count). The number of hydrogen-bond donors (Lipinski definition) is 1. The van der Waals surface area contributed by atoms with E-state index in [0.717, 1.165) is 5.56 Å². The van der Waals surface area contributed by atoms with Crippen LogP contribution >= 0.6 is 11.6 Å². The maximum atomic E-state index is 13.0. The van der Waals surface area contributed by atoms with Crippen molar-refractivity contribution in [3.63, 3.8) is 0 Å². The van der Waals surface area contributed by atoms with Crippen molar-refractivity contribution in [1.82, 2.24) is 5.32 Å². The van der Waals surface area contributed by atoms with Gasteiger partial charge in [0, 0.05) is 18.1 Å². The van der Waals surface area contributed by atoms with Crippen molar-refractivity contribution in [2.24, 2.45) is 0 Å². The fourth-order valence-corrected chi connectivity index (χ4v) is 1.81. The molecule has 0 unspecified atom stereocenters. The summed E-state index contributed by atoms with van der Waals surface area (Å²) in [4.78, 5) is 0. The third-order valence-electron chi connectivity index (χ3n) is 2.57. The van der Waals surface area contributed by atoms with Gasteiger partial charge in [0.15, 0.2) is 0 Å². The van der Waals surface area contributed by atoms with Gasteiger partial charge < -0.3 is 5.32 Å². The van der Waals surface area contributed by atoms with Gasteiger partial charge in [0.25, 0.3) is 0 Å². The lowest BCUT2D eigenvalue weighted by Crippen LogP contribution is -2.13. The monoisotopic (exact) mass is 267 g/mol. The molecule has 0 fully saturated rings. The molecular formula is C14H12ClF2N. The predicted molar refractivity (Wildman–Crippen MR) is 68.4 cm³/mol. The van der Waals surface area contributed by atoms with Crippen molar-refractivity contribution in [3.05, 3.63) is 70.2 Å².